The molecule has 6 nitrogen and oxygen atoms in total. The summed E-state index contributed by atoms with van der Waals surface area (Å²) in [6.07, 6.45) is 8.69. The van der Waals surface area contributed by atoms with Crippen molar-refractivity contribution in [3.63, 3.8) is 0 Å². The van der Waals surface area contributed by atoms with Crippen molar-refractivity contribution in [1.29, 1.82) is 0 Å². The molecule has 3 heterocycles. The van der Waals surface area contributed by atoms with E-state index in [0.29, 0.717) is 31.4 Å². The predicted molar refractivity (Wildman–Crippen MR) is 101 cm³/mol. The number of piperidine rings is 1. The van der Waals surface area contributed by atoms with Gasteiger partial charge < -0.3 is 19.3 Å². The van der Waals surface area contributed by atoms with Crippen LogP contribution in [0, 0.1) is 11.8 Å². The quantitative estimate of drug-likeness (QED) is 0.753. The van der Waals surface area contributed by atoms with E-state index in [4.69, 9.17) is 9.47 Å². The van der Waals surface area contributed by atoms with Crippen LogP contribution in [0.15, 0.2) is 0 Å². The van der Waals surface area contributed by atoms with Crippen molar-refractivity contribution in [2.24, 2.45) is 11.8 Å². The van der Waals surface area contributed by atoms with Crippen LogP contribution in [0.5, 0.6) is 0 Å². The first-order valence-electron chi connectivity index (χ1n) is 10.9. The molecule has 1 atom stereocenters. The number of rotatable bonds is 4. The van der Waals surface area contributed by atoms with Crippen LogP contribution in [0.25, 0.3) is 0 Å². The molecule has 152 valence electrons. The average molecular weight is 379 g/mol. The zero-order chi connectivity index (χ0) is 18.7. The summed E-state index contributed by atoms with van der Waals surface area (Å²) in [5.41, 5.74) is -0.352. The maximum atomic E-state index is 12.9. The van der Waals surface area contributed by atoms with Crippen LogP contribution in [0.1, 0.15) is 57.8 Å². The van der Waals surface area contributed by atoms with Gasteiger partial charge in [-0.15, -0.1) is 0 Å². The highest BCUT2D eigenvalue weighted by atomic mass is 16.5. The van der Waals surface area contributed by atoms with Gasteiger partial charge in [0.05, 0.1) is 18.6 Å². The summed E-state index contributed by atoms with van der Waals surface area (Å²) in [6, 6.07) is 0. The third-order valence-electron chi connectivity index (χ3n) is 7.12. The molecule has 6 heteroatoms. The molecule has 2 amide bonds. The molecular weight excluding hydrogens is 344 g/mol. The zero-order valence-corrected chi connectivity index (χ0v) is 16.5. The van der Waals surface area contributed by atoms with Gasteiger partial charge in [-0.1, -0.05) is 12.8 Å². The van der Waals surface area contributed by atoms with Crippen molar-refractivity contribution in [1.82, 2.24) is 9.80 Å². The van der Waals surface area contributed by atoms with Crippen LogP contribution in [0.3, 0.4) is 0 Å². The second-order valence-corrected chi connectivity index (χ2v) is 8.91. The molecule has 4 rings (SSSR count). The molecule has 4 fully saturated rings. The number of hydrogen-bond acceptors (Lipinski definition) is 4. The lowest BCUT2D eigenvalue weighted by molar-refractivity contribution is -0.144. The molecule has 1 saturated carbocycles. The van der Waals surface area contributed by atoms with Gasteiger partial charge in [0.1, 0.15) is 0 Å². The minimum atomic E-state index is -0.352. The lowest BCUT2D eigenvalue weighted by Gasteiger charge is -2.41. The zero-order valence-electron chi connectivity index (χ0n) is 16.5. The van der Waals surface area contributed by atoms with Gasteiger partial charge in [0.2, 0.25) is 11.8 Å². The largest absolute Gasteiger partial charge is 0.381 e. The minimum Gasteiger partial charge on any atom is -0.381 e. The van der Waals surface area contributed by atoms with Crippen LogP contribution >= 0.6 is 0 Å². The van der Waals surface area contributed by atoms with E-state index in [0.717, 1.165) is 71.4 Å². The van der Waals surface area contributed by atoms with E-state index in [-0.39, 0.29) is 17.4 Å². The maximum absolute atomic E-state index is 12.9. The smallest absolute Gasteiger partial charge is 0.225 e. The third kappa shape index (κ3) is 4.48. The highest BCUT2D eigenvalue weighted by Crippen LogP contribution is 2.34. The molecule has 0 aromatic carbocycles. The van der Waals surface area contributed by atoms with Gasteiger partial charge in [-0.2, -0.15) is 0 Å². The Morgan fingerprint density at radius 2 is 1.85 bits per heavy atom. The van der Waals surface area contributed by atoms with Crippen LogP contribution < -0.4 is 0 Å². The first-order chi connectivity index (χ1) is 13.2. The summed E-state index contributed by atoms with van der Waals surface area (Å²) in [5, 5.41) is 0. The summed E-state index contributed by atoms with van der Waals surface area (Å²) in [7, 11) is 0. The number of ether oxygens (including phenoxy) is 2. The summed E-state index contributed by atoms with van der Waals surface area (Å²) in [5.74, 6) is 1.40. The number of likely N-dealkylation sites (tertiary alicyclic amines) is 1. The number of hydrogen-bond donors (Lipinski definition) is 0. The molecule has 3 aliphatic heterocycles. The number of carbonyl (C=O) groups excluding carboxylic acids is 2. The van der Waals surface area contributed by atoms with E-state index < -0.39 is 0 Å². The fourth-order valence-electron chi connectivity index (χ4n) is 5.21. The predicted octanol–water partition coefficient (Wildman–Crippen LogP) is 2.21. The first kappa shape index (κ1) is 19.2. The van der Waals surface area contributed by atoms with Crippen molar-refractivity contribution >= 4 is 11.8 Å². The summed E-state index contributed by atoms with van der Waals surface area (Å²) in [4.78, 5) is 29.5. The maximum Gasteiger partial charge on any atom is 0.225 e. The molecule has 3 saturated heterocycles. The fourth-order valence-corrected chi connectivity index (χ4v) is 5.21. The van der Waals surface area contributed by atoms with Gasteiger partial charge in [-0.25, -0.2) is 0 Å². The van der Waals surface area contributed by atoms with Crippen LogP contribution in [0.2, 0.25) is 0 Å². The minimum absolute atomic E-state index is 0.224. The van der Waals surface area contributed by atoms with Crippen molar-refractivity contribution < 1.29 is 19.1 Å². The molecule has 0 N–H and O–H groups in total. The Bertz CT molecular complexity index is 532. The number of nitrogens with zero attached hydrogens (tertiary/aromatic N) is 2. The lowest BCUT2D eigenvalue weighted by atomic mass is 9.87. The average Bonchev–Trinajstić information content (AvgIpc) is 3.36. The molecule has 1 spiro atoms. The molecule has 27 heavy (non-hydrogen) atoms. The van der Waals surface area contributed by atoms with Gasteiger partial charge in [0, 0.05) is 45.3 Å². The number of amides is 2. The SMILES string of the molecule is O=C1CC2(CCN(C(=O)C3CCCC3)CC2)OCCN1CCC1CCOC1. The normalized spacial score (nSPS) is 29.5. The van der Waals surface area contributed by atoms with Gasteiger partial charge in [0.15, 0.2) is 0 Å². The van der Waals surface area contributed by atoms with E-state index >= 15 is 0 Å². The Labute approximate surface area is 162 Å². The topological polar surface area (TPSA) is 59.1 Å². The molecule has 1 unspecified atom stereocenters. The fraction of sp³-hybridized carbons (Fsp3) is 0.905. The van der Waals surface area contributed by atoms with Crippen molar-refractivity contribution in [2.75, 3.05) is 46.0 Å². The lowest BCUT2D eigenvalue weighted by Crippen LogP contribution is -2.50. The molecule has 1 aliphatic carbocycles. The first-order valence-corrected chi connectivity index (χ1v) is 10.9. The van der Waals surface area contributed by atoms with Gasteiger partial charge >= 0.3 is 0 Å². The standard InChI is InChI=1S/C21H34N2O4/c24-19-15-21(27-14-12-22(19)9-5-17-6-13-26-16-17)7-10-23(11-8-21)20(25)18-3-1-2-4-18/h17-18H,1-16H2. The van der Waals surface area contributed by atoms with E-state index in [2.05, 4.69) is 0 Å². The Balaban J connectivity index is 1.28. The third-order valence-corrected chi connectivity index (χ3v) is 7.12. The van der Waals surface area contributed by atoms with Gasteiger partial charge in [-0.05, 0) is 44.4 Å². The summed E-state index contributed by atoms with van der Waals surface area (Å²) >= 11 is 0. The number of carbonyl (C=O) groups is 2. The van der Waals surface area contributed by atoms with E-state index in [1.165, 1.54) is 12.8 Å². The Kier molecular flexibility index (Phi) is 6.02. The molecular formula is C21H34N2O4. The summed E-state index contributed by atoms with van der Waals surface area (Å²) in [6.45, 7) is 5.30. The monoisotopic (exact) mass is 378 g/mol. The van der Waals surface area contributed by atoms with Gasteiger partial charge in [0.25, 0.3) is 0 Å². The van der Waals surface area contributed by atoms with Crippen molar-refractivity contribution in [3.8, 4) is 0 Å². The van der Waals surface area contributed by atoms with Gasteiger partial charge in [-0.3, -0.25) is 9.59 Å². The molecule has 0 aromatic heterocycles. The molecule has 0 bridgehead atoms. The van der Waals surface area contributed by atoms with E-state index in [9.17, 15) is 9.59 Å². The second-order valence-electron chi connectivity index (χ2n) is 8.91. The van der Waals surface area contributed by atoms with Crippen LogP contribution in [-0.4, -0.2) is 73.2 Å². The molecule has 0 aromatic rings. The summed E-state index contributed by atoms with van der Waals surface area (Å²) < 4.78 is 11.7. The van der Waals surface area contributed by atoms with Crippen molar-refractivity contribution in [3.05, 3.63) is 0 Å². The van der Waals surface area contributed by atoms with E-state index in [1.807, 2.05) is 9.80 Å². The van der Waals surface area contributed by atoms with Crippen LogP contribution in [0.4, 0.5) is 0 Å². The van der Waals surface area contributed by atoms with Crippen molar-refractivity contribution in [2.45, 2.75) is 63.4 Å². The Morgan fingerprint density at radius 1 is 1.07 bits per heavy atom. The van der Waals surface area contributed by atoms with Crippen LogP contribution in [-0.2, 0) is 19.1 Å². The molecule has 0 radical (unpaired) electrons. The highest BCUT2D eigenvalue weighted by molar-refractivity contribution is 5.80. The Morgan fingerprint density at radius 3 is 2.56 bits per heavy atom. The highest BCUT2D eigenvalue weighted by Gasteiger charge is 2.42. The Hall–Kier alpha value is -1.14. The second kappa shape index (κ2) is 8.48. The molecule has 4 aliphatic rings. The van der Waals surface area contributed by atoms with E-state index in [1.54, 1.807) is 0 Å².